The molecule has 1 aliphatic rings. The molecule has 6 nitrogen and oxygen atoms in total. The number of nitrogens with zero attached hydrogens (tertiary/aromatic N) is 5. The fraction of sp³-hybridized carbons (Fsp3) is 0.786. The number of nitrogens with two attached hydrogens (primary N) is 1. The number of piperazine rings is 1. The van der Waals surface area contributed by atoms with Crippen molar-refractivity contribution < 1.29 is 0 Å². The third-order valence-electron chi connectivity index (χ3n) is 3.77. The predicted molar refractivity (Wildman–Crippen MR) is 80.6 cm³/mol. The van der Waals surface area contributed by atoms with Crippen molar-refractivity contribution in [3.05, 3.63) is 11.6 Å². The molecule has 1 unspecified atom stereocenters. The quantitative estimate of drug-likeness (QED) is 0.851. The van der Waals surface area contributed by atoms with Crippen LogP contribution in [0.25, 0.3) is 0 Å². The highest BCUT2D eigenvalue weighted by Crippen LogP contribution is 2.19. The first-order chi connectivity index (χ1) is 9.25. The first kappa shape index (κ1) is 15.1. The zero-order valence-electron chi connectivity index (χ0n) is 13.2. The molecular formula is C14H26N6. The molecule has 0 saturated carbocycles. The van der Waals surface area contributed by atoms with Gasteiger partial charge in [0.05, 0.1) is 0 Å². The average molecular weight is 278 g/mol. The Balaban J connectivity index is 2.18. The van der Waals surface area contributed by atoms with Crippen LogP contribution in [0.2, 0.25) is 0 Å². The van der Waals surface area contributed by atoms with E-state index in [2.05, 4.69) is 59.6 Å². The van der Waals surface area contributed by atoms with Gasteiger partial charge in [-0.15, -0.1) is 0 Å². The van der Waals surface area contributed by atoms with Crippen molar-refractivity contribution in [1.29, 1.82) is 0 Å². The number of hydrogen-bond acceptors (Lipinski definition) is 6. The molecule has 1 fully saturated rings. The Morgan fingerprint density at radius 2 is 1.85 bits per heavy atom. The van der Waals surface area contributed by atoms with E-state index in [0.717, 1.165) is 37.7 Å². The highest BCUT2D eigenvalue weighted by Gasteiger charge is 2.25. The maximum absolute atomic E-state index is 5.84. The summed E-state index contributed by atoms with van der Waals surface area (Å²) in [6.45, 7) is 9.49. The van der Waals surface area contributed by atoms with Gasteiger partial charge in [-0.1, -0.05) is 20.8 Å². The molecule has 0 aliphatic carbocycles. The largest absolute Gasteiger partial charge is 0.368 e. The van der Waals surface area contributed by atoms with Crippen molar-refractivity contribution in [2.45, 2.75) is 38.6 Å². The number of anilines is 1. The molecule has 0 bridgehead atoms. The summed E-state index contributed by atoms with van der Waals surface area (Å²) in [6, 6.07) is 0.434. The Kier molecular flexibility index (Phi) is 4.25. The van der Waals surface area contributed by atoms with Crippen LogP contribution in [-0.4, -0.2) is 64.5 Å². The van der Waals surface area contributed by atoms with Crippen LogP contribution < -0.4 is 5.73 Å². The van der Waals surface area contributed by atoms with Crippen molar-refractivity contribution in [3.63, 3.8) is 0 Å². The van der Waals surface area contributed by atoms with Gasteiger partial charge in [0.2, 0.25) is 5.95 Å². The van der Waals surface area contributed by atoms with Crippen molar-refractivity contribution in [2.24, 2.45) is 0 Å². The molecule has 6 heteroatoms. The highest BCUT2D eigenvalue weighted by molar-refractivity contribution is 5.19. The van der Waals surface area contributed by atoms with Gasteiger partial charge in [0.25, 0.3) is 0 Å². The molecule has 1 aromatic rings. The molecule has 0 aromatic carbocycles. The SMILES string of the molecule is CN1CCN(C)C(Cc2nc(N)nc(C(C)(C)C)n2)C1. The summed E-state index contributed by atoms with van der Waals surface area (Å²) in [4.78, 5) is 17.9. The van der Waals surface area contributed by atoms with E-state index in [0.29, 0.717) is 12.0 Å². The van der Waals surface area contributed by atoms with E-state index >= 15 is 0 Å². The molecule has 2 N–H and O–H groups in total. The van der Waals surface area contributed by atoms with Gasteiger partial charge < -0.3 is 15.5 Å². The first-order valence-corrected chi connectivity index (χ1v) is 7.15. The summed E-state index contributed by atoms with van der Waals surface area (Å²) in [5.41, 5.74) is 5.73. The smallest absolute Gasteiger partial charge is 0.223 e. The third kappa shape index (κ3) is 3.64. The lowest BCUT2D eigenvalue weighted by Gasteiger charge is -2.37. The summed E-state index contributed by atoms with van der Waals surface area (Å²) < 4.78 is 0. The fourth-order valence-corrected chi connectivity index (χ4v) is 2.40. The Morgan fingerprint density at radius 3 is 2.50 bits per heavy atom. The molecule has 1 aromatic heterocycles. The molecule has 0 amide bonds. The van der Waals surface area contributed by atoms with Crippen LogP contribution in [0.1, 0.15) is 32.4 Å². The summed E-state index contributed by atoms with van der Waals surface area (Å²) >= 11 is 0. The van der Waals surface area contributed by atoms with Crippen LogP contribution in [-0.2, 0) is 11.8 Å². The van der Waals surface area contributed by atoms with Crippen molar-refractivity contribution >= 4 is 5.95 Å². The lowest BCUT2D eigenvalue weighted by molar-refractivity contribution is 0.113. The minimum absolute atomic E-state index is 0.110. The summed E-state index contributed by atoms with van der Waals surface area (Å²) in [5.74, 6) is 1.90. The lowest BCUT2D eigenvalue weighted by Crippen LogP contribution is -2.51. The highest BCUT2D eigenvalue weighted by atomic mass is 15.3. The molecule has 20 heavy (non-hydrogen) atoms. The molecule has 0 spiro atoms. The molecule has 2 rings (SSSR count). The predicted octanol–water partition coefficient (Wildman–Crippen LogP) is 0.540. The van der Waals surface area contributed by atoms with Crippen LogP contribution in [0.15, 0.2) is 0 Å². The maximum atomic E-state index is 5.84. The molecule has 1 aliphatic heterocycles. The number of nitrogen functional groups attached to an aromatic ring is 1. The summed E-state index contributed by atoms with van der Waals surface area (Å²) in [5, 5.41) is 0. The van der Waals surface area contributed by atoms with Gasteiger partial charge in [-0.3, -0.25) is 0 Å². The zero-order valence-corrected chi connectivity index (χ0v) is 13.2. The molecule has 0 radical (unpaired) electrons. The number of aromatic nitrogens is 3. The number of likely N-dealkylation sites (N-methyl/N-ethyl adjacent to an activating group) is 2. The van der Waals surface area contributed by atoms with Crippen molar-refractivity contribution in [3.8, 4) is 0 Å². The van der Waals surface area contributed by atoms with Gasteiger partial charge in [0.1, 0.15) is 11.6 Å². The zero-order chi connectivity index (χ0) is 14.9. The lowest BCUT2D eigenvalue weighted by atomic mass is 9.96. The molecule has 2 heterocycles. The topological polar surface area (TPSA) is 71.2 Å². The van der Waals surface area contributed by atoms with E-state index in [1.807, 2.05) is 0 Å². The van der Waals surface area contributed by atoms with Crippen LogP contribution in [0, 0.1) is 0 Å². The Bertz CT molecular complexity index is 467. The standard InChI is InChI=1S/C14H26N6/c1-14(2,3)12-16-11(17-13(15)18-12)8-10-9-19(4)6-7-20(10)5/h10H,6-9H2,1-5H3,(H2,15,16,17,18). The summed E-state index contributed by atoms with van der Waals surface area (Å²) in [7, 11) is 4.31. The van der Waals surface area contributed by atoms with E-state index in [-0.39, 0.29) is 5.41 Å². The molecular weight excluding hydrogens is 252 g/mol. The molecule has 112 valence electrons. The van der Waals surface area contributed by atoms with Gasteiger partial charge in [-0.25, -0.2) is 4.98 Å². The second-order valence-electron chi connectivity index (χ2n) is 6.78. The van der Waals surface area contributed by atoms with Gasteiger partial charge >= 0.3 is 0 Å². The third-order valence-corrected chi connectivity index (χ3v) is 3.77. The van der Waals surface area contributed by atoms with Crippen molar-refractivity contribution in [1.82, 2.24) is 24.8 Å². The minimum atomic E-state index is -0.110. The Labute approximate surface area is 121 Å². The van der Waals surface area contributed by atoms with Crippen LogP contribution >= 0.6 is 0 Å². The maximum Gasteiger partial charge on any atom is 0.223 e. The van der Waals surface area contributed by atoms with Gasteiger partial charge in [-0.05, 0) is 14.1 Å². The van der Waals surface area contributed by atoms with Gasteiger partial charge in [0.15, 0.2) is 0 Å². The number of rotatable bonds is 2. The second-order valence-corrected chi connectivity index (χ2v) is 6.78. The van der Waals surface area contributed by atoms with Crippen LogP contribution in [0.4, 0.5) is 5.95 Å². The summed E-state index contributed by atoms with van der Waals surface area (Å²) in [6.07, 6.45) is 0.816. The van der Waals surface area contributed by atoms with Gasteiger partial charge in [0, 0.05) is 37.5 Å². The Hall–Kier alpha value is -1.27. The van der Waals surface area contributed by atoms with Crippen LogP contribution in [0.3, 0.4) is 0 Å². The van der Waals surface area contributed by atoms with E-state index in [1.165, 1.54) is 0 Å². The Morgan fingerprint density at radius 1 is 1.15 bits per heavy atom. The van der Waals surface area contributed by atoms with E-state index in [4.69, 9.17) is 5.73 Å². The minimum Gasteiger partial charge on any atom is -0.368 e. The van der Waals surface area contributed by atoms with E-state index in [1.54, 1.807) is 0 Å². The molecule has 1 saturated heterocycles. The van der Waals surface area contributed by atoms with E-state index in [9.17, 15) is 0 Å². The fourth-order valence-electron chi connectivity index (χ4n) is 2.40. The molecule has 1 atom stereocenters. The normalized spacial score (nSPS) is 22.1. The number of hydrogen-bond donors (Lipinski definition) is 1. The van der Waals surface area contributed by atoms with Crippen molar-refractivity contribution in [2.75, 3.05) is 39.5 Å². The first-order valence-electron chi connectivity index (χ1n) is 7.15. The van der Waals surface area contributed by atoms with Gasteiger partial charge in [-0.2, -0.15) is 9.97 Å². The average Bonchev–Trinajstić information content (AvgIpc) is 2.32. The monoisotopic (exact) mass is 278 g/mol. The van der Waals surface area contributed by atoms with Crippen LogP contribution in [0.5, 0.6) is 0 Å². The van der Waals surface area contributed by atoms with E-state index < -0.39 is 0 Å². The second kappa shape index (κ2) is 5.61.